The van der Waals surface area contributed by atoms with Crippen molar-refractivity contribution in [2.75, 3.05) is 12.3 Å². The van der Waals surface area contributed by atoms with E-state index in [9.17, 15) is 16.8 Å². The van der Waals surface area contributed by atoms with Gasteiger partial charge in [0.2, 0.25) is 10.0 Å². The average molecular weight is 499 g/mol. The molecule has 15 heteroatoms. The number of anilines is 1. The van der Waals surface area contributed by atoms with Crippen LogP contribution in [0.2, 0.25) is 0 Å². The Morgan fingerprint density at radius 3 is 2.47 bits per heavy atom. The first-order chi connectivity index (χ1) is 14.9. The second-order valence-electron chi connectivity index (χ2n) is 6.78. The number of nitrogens with one attached hydrogen (secondary N) is 1. The molecule has 0 amide bonds. The predicted molar refractivity (Wildman–Crippen MR) is 125 cm³/mol. The van der Waals surface area contributed by atoms with Crippen LogP contribution in [0.4, 0.5) is 5.13 Å². The van der Waals surface area contributed by atoms with Gasteiger partial charge in [-0.3, -0.25) is 0 Å². The number of hydrogen-bond donors (Lipinski definition) is 6. The lowest BCUT2D eigenvalue weighted by atomic mass is 9.98. The van der Waals surface area contributed by atoms with Crippen LogP contribution in [0.25, 0.3) is 21.3 Å². The van der Waals surface area contributed by atoms with Gasteiger partial charge in [0, 0.05) is 17.7 Å². The molecule has 2 aromatic carbocycles. The van der Waals surface area contributed by atoms with Gasteiger partial charge in [-0.15, -0.1) is 5.10 Å². The maximum Gasteiger partial charge on any atom is 0.240 e. The van der Waals surface area contributed by atoms with Crippen LogP contribution in [0, 0.1) is 0 Å². The molecule has 3 aromatic rings. The Labute approximate surface area is 188 Å². The van der Waals surface area contributed by atoms with Crippen molar-refractivity contribution in [3.63, 3.8) is 0 Å². The van der Waals surface area contributed by atoms with Crippen molar-refractivity contribution in [3.8, 4) is 11.1 Å². The zero-order chi connectivity index (χ0) is 23.8. The molecule has 0 aliphatic rings. The van der Waals surface area contributed by atoms with E-state index in [1.807, 2.05) is 5.53 Å². The van der Waals surface area contributed by atoms with E-state index in [0.29, 0.717) is 16.2 Å². The standard InChI is InChI=1S/C17H22N8O4S3/c1-8(7-18)31(26,27)12-6-5-9(10-3-2-4-11-14(10)23-17(20)30-11)13(16(19)24-25-21)15(12)32(22,28)29/h2-6,8,25H,7,18,21H2,1H3,(H2,19,24)(H2,20,23)(H2,22,28,29)/t8-/m1/s1. The number of amidine groups is 1. The second-order valence-corrected chi connectivity index (χ2v) is 11.7. The van der Waals surface area contributed by atoms with Crippen molar-refractivity contribution in [2.24, 2.45) is 27.6 Å². The molecule has 3 rings (SSSR count). The SMILES string of the molecule is C[C@H](CN)S(=O)(=O)c1ccc(-c2cccc3sc(N)nc23)c(/C(N)=N/NN)c1S(N)(=O)=O. The van der Waals surface area contributed by atoms with Crippen LogP contribution in [0.1, 0.15) is 12.5 Å². The number of nitrogens with zero attached hydrogens (tertiary/aromatic N) is 2. The highest BCUT2D eigenvalue weighted by atomic mass is 32.2. The smallest absolute Gasteiger partial charge is 0.240 e. The summed E-state index contributed by atoms with van der Waals surface area (Å²) in [5, 5.41) is 8.35. The summed E-state index contributed by atoms with van der Waals surface area (Å²) in [7, 11) is -8.81. The van der Waals surface area contributed by atoms with E-state index < -0.39 is 40.7 Å². The molecule has 11 N–H and O–H groups in total. The normalized spacial score (nSPS) is 13.9. The lowest BCUT2D eigenvalue weighted by Crippen LogP contribution is -2.31. The summed E-state index contributed by atoms with van der Waals surface area (Å²) in [6.45, 7) is 1.11. The van der Waals surface area contributed by atoms with Gasteiger partial charge in [-0.1, -0.05) is 29.5 Å². The summed E-state index contributed by atoms with van der Waals surface area (Å²) in [6.07, 6.45) is 0. The number of thiazole rings is 1. The topological polar surface area (TPSA) is 236 Å². The van der Waals surface area contributed by atoms with Gasteiger partial charge in [0.15, 0.2) is 20.8 Å². The number of rotatable bonds is 7. The van der Waals surface area contributed by atoms with Crippen LogP contribution in [0.15, 0.2) is 45.2 Å². The van der Waals surface area contributed by atoms with Crippen molar-refractivity contribution in [1.82, 2.24) is 10.5 Å². The largest absolute Gasteiger partial charge is 0.382 e. The highest BCUT2D eigenvalue weighted by Gasteiger charge is 2.34. The van der Waals surface area contributed by atoms with Crippen molar-refractivity contribution >= 4 is 52.4 Å². The molecule has 32 heavy (non-hydrogen) atoms. The van der Waals surface area contributed by atoms with E-state index in [1.165, 1.54) is 24.3 Å². The molecule has 1 aromatic heterocycles. The zero-order valence-corrected chi connectivity index (χ0v) is 19.3. The maximum atomic E-state index is 13.1. The van der Waals surface area contributed by atoms with Gasteiger partial charge >= 0.3 is 0 Å². The van der Waals surface area contributed by atoms with E-state index in [2.05, 4.69) is 10.1 Å². The number of nitrogen functional groups attached to an aromatic ring is 1. The molecule has 0 bridgehead atoms. The number of nitrogens with two attached hydrogens (primary N) is 5. The zero-order valence-electron chi connectivity index (χ0n) is 16.8. The monoisotopic (exact) mass is 498 g/mol. The van der Waals surface area contributed by atoms with Gasteiger partial charge < -0.3 is 17.2 Å². The Hall–Kier alpha value is -2.82. The molecule has 0 aliphatic carbocycles. The number of fused-ring (bicyclic) bond motifs is 1. The fourth-order valence-corrected chi connectivity index (χ4v) is 6.81. The van der Waals surface area contributed by atoms with E-state index in [1.54, 1.807) is 18.2 Å². The van der Waals surface area contributed by atoms with Gasteiger partial charge in [0.05, 0.1) is 20.4 Å². The van der Waals surface area contributed by atoms with Crippen LogP contribution < -0.4 is 33.7 Å². The third-order valence-corrected chi connectivity index (χ3v) is 8.92. The minimum absolute atomic E-state index is 0.223. The fraction of sp³-hybridized carbons (Fsp3) is 0.176. The van der Waals surface area contributed by atoms with E-state index in [-0.39, 0.29) is 17.7 Å². The summed E-state index contributed by atoms with van der Waals surface area (Å²) < 4.78 is 52.2. The summed E-state index contributed by atoms with van der Waals surface area (Å²) in [6, 6.07) is 7.72. The van der Waals surface area contributed by atoms with E-state index in [4.69, 9.17) is 28.2 Å². The molecule has 0 radical (unpaired) electrons. The Bertz CT molecular complexity index is 1430. The van der Waals surface area contributed by atoms with Crippen LogP contribution in [-0.2, 0) is 19.9 Å². The maximum absolute atomic E-state index is 13.1. The Kier molecular flexibility index (Phi) is 6.41. The lowest BCUT2D eigenvalue weighted by Gasteiger charge is -2.19. The van der Waals surface area contributed by atoms with E-state index >= 15 is 0 Å². The highest BCUT2D eigenvalue weighted by Crippen LogP contribution is 2.38. The number of aromatic nitrogens is 1. The number of sulfonamides is 1. The van der Waals surface area contributed by atoms with Crippen LogP contribution in [0.3, 0.4) is 0 Å². The van der Waals surface area contributed by atoms with Crippen LogP contribution in [-0.4, -0.2) is 39.4 Å². The number of hydrazone groups is 1. The third kappa shape index (κ3) is 4.13. The van der Waals surface area contributed by atoms with Crippen molar-refractivity contribution in [1.29, 1.82) is 0 Å². The molecule has 0 saturated heterocycles. The van der Waals surface area contributed by atoms with Gasteiger partial charge in [-0.2, -0.15) is 0 Å². The number of benzene rings is 2. The molecular weight excluding hydrogens is 476 g/mol. The van der Waals surface area contributed by atoms with Gasteiger partial charge in [0.25, 0.3) is 0 Å². The number of primary sulfonamides is 1. The number of sulfone groups is 1. The summed E-state index contributed by atoms with van der Waals surface area (Å²) in [4.78, 5) is 3.04. The van der Waals surface area contributed by atoms with Crippen molar-refractivity contribution in [3.05, 3.63) is 35.9 Å². The molecule has 0 aliphatic heterocycles. The summed E-state index contributed by atoms with van der Waals surface area (Å²) in [5.74, 6) is 4.84. The predicted octanol–water partition coefficient (Wildman–Crippen LogP) is -0.603. The molecule has 0 saturated carbocycles. The first-order valence-electron chi connectivity index (χ1n) is 9.01. The molecule has 12 nitrogen and oxygen atoms in total. The Morgan fingerprint density at radius 1 is 1.19 bits per heavy atom. The van der Waals surface area contributed by atoms with Crippen LogP contribution >= 0.6 is 11.3 Å². The average Bonchev–Trinajstić information content (AvgIpc) is 3.11. The molecule has 1 atom stereocenters. The molecule has 0 fully saturated rings. The first-order valence-corrected chi connectivity index (χ1v) is 12.9. The molecule has 0 unspecified atom stereocenters. The van der Waals surface area contributed by atoms with E-state index in [0.717, 1.165) is 10.8 Å². The Balaban J connectivity index is 2.55. The number of hydrogen-bond acceptors (Lipinski definition) is 11. The molecule has 0 spiro atoms. The minimum atomic E-state index is -4.62. The highest BCUT2D eigenvalue weighted by molar-refractivity contribution is 7.94. The first kappa shape index (κ1) is 23.8. The minimum Gasteiger partial charge on any atom is -0.382 e. The quantitative estimate of drug-likeness (QED) is 0.105. The molecule has 1 heterocycles. The van der Waals surface area contributed by atoms with Crippen molar-refractivity contribution in [2.45, 2.75) is 22.0 Å². The lowest BCUT2D eigenvalue weighted by molar-refractivity contribution is 0.575. The molecular formula is C17H22N8O4S3. The van der Waals surface area contributed by atoms with Gasteiger partial charge in [0.1, 0.15) is 4.90 Å². The number of hydrazine groups is 1. The summed E-state index contributed by atoms with van der Waals surface area (Å²) >= 11 is 1.23. The van der Waals surface area contributed by atoms with Crippen molar-refractivity contribution < 1.29 is 16.8 Å². The van der Waals surface area contributed by atoms with Gasteiger partial charge in [-0.25, -0.2) is 38.3 Å². The Morgan fingerprint density at radius 2 is 1.88 bits per heavy atom. The third-order valence-electron chi connectivity index (χ3n) is 4.74. The van der Waals surface area contributed by atoms with Crippen LogP contribution in [0.5, 0.6) is 0 Å². The number of para-hydroxylation sites is 1. The fourth-order valence-electron chi connectivity index (χ4n) is 3.20. The summed E-state index contributed by atoms with van der Waals surface area (Å²) in [5.41, 5.74) is 20.3. The van der Waals surface area contributed by atoms with Gasteiger partial charge in [-0.05, 0) is 24.6 Å². The molecule has 172 valence electrons. The second kappa shape index (κ2) is 8.61.